The predicted molar refractivity (Wildman–Crippen MR) is 120 cm³/mol. The minimum Gasteiger partial charge on any atom is -0.480 e. The largest absolute Gasteiger partial charge is 0.480 e. The third-order valence-corrected chi connectivity index (χ3v) is 4.00. The molecule has 3 N–H and O–H groups in total. The molecule has 29 heavy (non-hydrogen) atoms. The van der Waals surface area contributed by atoms with E-state index in [1.165, 1.54) is 6.92 Å². The van der Waals surface area contributed by atoms with Crippen LogP contribution < -0.4 is 5.32 Å². The third-order valence-electron chi connectivity index (χ3n) is 4.00. The fourth-order valence-corrected chi connectivity index (χ4v) is 2.38. The van der Waals surface area contributed by atoms with Gasteiger partial charge in [-0.15, -0.1) is 0 Å². The highest BCUT2D eigenvalue weighted by atomic mass is 16.4. The molecule has 0 aliphatic heterocycles. The lowest BCUT2D eigenvalue weighted by atomic mass is 10.1. The average molecular weight is 404 g/mol. The molecule has 0 aliphatic rings. The van der Waals surface area contributed by atoms with Crippen LogP contribution >= 0.6 is 0 Å². The van der Waals surface area contributed by atoms with Gasteiger partial charge < -0.3 is 15.5 Å². The van der Waals surface area contributed by atoms with Crippen molar-refractivity contribution in [1.82, 2.24) is 5.32 Å². The Morgan fingerprint density at radius 3 is 1.69 bits per heavy atom. The summed E-state index contributed by atoms with van der Waals surface area (Å²) < 4.78 is 0. The molecule has 162 valence electrons. The van der Waals surface area contributed by atoms with E-state index in [9.17, 15) is 14.7 Å². The molecule has 0 aliphatic carbocycles. The molecule has 0 saturated heterocycles. The predicted octanol–water partition coefficient (Wildman–Crippen LogP) is 4.86. The molecule has 0 aromatic heterocycles. The van der Waals surface area contributed by atoms with Gasteiger partial charge in [-0.3, -0.25) is 4.79 Å². The maximum absolute atomic E-state index is 11.7. The molecule has 5 heteroatoms. The smallest absolute Gasteiger partial charge is 0.328 e. The van der Waals surface area contributed by atoms with Gasteiger partial charge in [0.25, 0.3) is 0 Å². The monoisotopic (exact) mass is 403 g/mol. The highest BCUT2D eigenvalue weighted by Crippen LogP contribution is 2.01. The van der Waals surface area contributed by atoms with Gasteiger partial charge in [0.2, 0.25) is 5.91 Å². The van der Waals surface area contributed by atoms with Gasteiger partial charge in [-0.2, -0.15) is 0 Å². The molecule has 1 amide bonds. The Labute approximate surface area is 175 Å². The van der Waals surface area contributed by atoms with E-state index < -0.39 is 18.1 Å². The molecule has 0 saturated carbocycles. The molecule has 0 heterocycles. The Balaban J connectivity index is 3.73. The number of aliphatic hydroxyl groups excluding tert-OH is 1. The number of carbonyl (C=O) groups excluding carboxylic acids is 1. The summed E-state index contributed by atoms with van der Waals surface area (Å²) in [5, 5.41) is 20.6. The first-order valence-electron chi connectivity index (χ1n) is 10.4. The molecule has 0 aromatic carbocycles. The van der Waals surface area contributed by atoms with Gasteiger partial charge in [-0.05, 0) is 51.9 Å². The van der Waals surface area contributed by atoms with Gasteiger partial charge >= 0.3 is 5.97 Å². The van der Waals surface area contributed by atoms with Crippen LogP contribution in [0.2, 0.25) is 0 Å². The number of nitrogens with one attached hydrogen (secondary N) is 1. The van der Waals surface area contributed by atoms with Crippen molar-refractivity contribution in [2.75, 3.05) is 0 Å². The Kier molecular flexibility index (Phi) is 17.4. The zero-order valence-corrected chi connectivity index (χ0v) is 17.8. The van der Waals surface area contributed by atoms with Crippen LogP contribution in [-0.4, -0.2) is 34.2 Å². The van der Waals surface area contributed by atoms with E-state index >= 15 is 0 Å². The molecule has 0 bridgehead atoms. The summed E-state index contributed by atoms with van der Waals surface area (Å²) in [6, 6.07) is -1.25. The Hall–Kier alpha value is -2.40. The standard InChI is InChI=1S/C24H37NO4/c1-3-4-5-6-7-8-9-10-11-12-13-14-15-16-17-18-19-20-22(27)25-23(21(2)26)24(28)29/h4-5,7-8,10-11,13-14,16-17,21,23,26H,3,6,9,12,15,18-20H2,1-2H3,(H,25,27)(H,28,29)/b5-4+,8-7+,11-10+,14-13+,17-16+. The highest BCUT2D eigenvalue weighted by molar-refractivity contribution is 5.83. The van der Waals surface area contributed by atoms with Crippen LogP contribution in [0.25, 0.3) is 0 Å². The first-order chi connectivity index (χ1) is 14.0. The number of carboxylic acid groups (broad SMARTS) is 1. The Morgan fingerprint density at radius 2 is 1.28 bits per heavy atom. The number of aliphatic hydroxyl groups is 1. The summed E-state index contributed by atoms with van der Waals surface area (Å²) in [6.07, 6.45) is 26.7. The summed E-state index contributed by atoms with van der Waals surface area (Å²) in [6.45, 7) is 3.48. The topological polar surface area (TPSA) is 86.6 Å². The summed E-state index contributed by atoms with van der Waals surface area (Å²) in [7, 11) is 0. The van der Waals surface area contributed by atoms with Crippen LogP contribution in [0.4, 0.5) is 0 Å². The van der Waals surface area contributed by atoms with Gasteiger partial charge in [-0.25, -0.2) is 4.79 Å². The van der Waals surface area contributed by atoms with E-state index in [-0.39, 0.29) is 12.3 Å². The number of amides is 1. The molecular weight excluding hydrogens is 366 g/mol. The van der Waals surface area contributed by atoms with E-state index in [1.54, 1.807) is 0 Å². The van der Waals surface area contributed by atoms with Gasteiger partial charge in [0.1, 0.15) is 0 Å². The number of hydrogen-bond donors (Lipinski definition) is 3. The van der Waals surface area contributed by atoms with Crippen LogP contribution in [0, 0.1) is 0 Å². The highest BCUT2D eigenvalue weighted by Gasteiger charge is 2.24. The van der Waals surface area contributed by atoms with Crippen molar-refractivity contribution in [3.05, 3.63) is 60.8 Å². The van der Waals surface area contributed by atoms with Gasteiger partial charge in [-0.1, -0.05) is 67.7 Å². The fourth-order valence-electron chi connectivity index (χ4n) is 2.38. The zero-order chi connectivity index (χ0) is 21.7. The van der Waals surface area contributed by atoms with Crippen LogP contribution in [0.3, 0.4) is 0 Å². The van der Waals surface area contributed by atoms with Gasteiger partial charge in [0.05, 0.1) is 6.10 Å². The summed E-state index contributed by atoms with van der Waals surface area (Å²) in [5.41, 5.74) is 0. The van der Waals surface area contributed by atoms with E-state index in [0.717, 1.165) is 38.5 Å². The first kappa shape index (κ1) is 26.6. The van der Waals surface area contributed by atoms with Crippen molar-refractivity contribution in [1.29, 1.82) is 0 Å². The molecule has 0 spiro atoms. The lowest BCUT2D eigenvalue weighted by molar-refractivity contribution is -0.144. The maximum Gasteiger partial charge on any atom is 0.328 e. The molecule has 2 unspecified atom stereocenters. The second-order valence-corrected chi connectivity index (χ2v) is 6.72. The average Bonchev–Trinajstić information content (AvgIpc) is 2.68. The van der Waals surface area contributed by atoms with Gasteiger partial charge in [0, 0.05) is 6.42 Å². The molecular formula is C24H37NO4. The van der Waals surface area contributed by atoms with E-state index in [1.807, 2.05) is 6.08 Å². The molecule has 0 rings (SSSR count). The second kappa shape index (κ2) is 18.9. The normalized spacial score (nSPS) is 14.6. The Morgan fingerprint density at radius 1 is 0.828 bits per heavy atom. The summed E-state index contributed by atoms with van der Waals surface area (Å²) >= 11 is 0. The number of carbonyl (C=O) groups is 2. The number of carboxylic acids is 1. The fraction of sp³-hybridized carbons (Fsp3) is 0.500. The minimum absolute atomic E-state index is 0.241. The van der Waals surface area contributed by atoms with Crippen LogP contribution in [0.1, 0.15) is 65.2 Å². The first-order valence-corrected chi connectivity index (χ1v) is 10.4. The quantitative estimate of drug-likeness (QED) is 0.254. The number of allylic oxidation sites excluding steroid dienone is 10. The van der Waals surface area contributed by atoms with Crippen molar-refractivity contribution >= 4 is 11.9 Å². The van der Waals surface area contributed by atoms with E-state index in [2.05, 4.69) is 66.9 Å². The second-order valence-electron chi connectivity index (χ2n) is 6.72. The number of hydrogen-bond acceptors (Lipinski definition) is 3. The lowest BCUT2D eigenvalue weighted by Crippen LogP contribution is -2.47. The molecule has 0 aromatic rings. The zero-order valence-electron chi connectivity index (χ0n) is 17.8. The third kappa shape index (κ3) is 17.4. The van der Waals surface area contributed by atoms with E-state index in [4.69, 9.17) is 5.11 Å². The number of unbranched alkanes of at least 4 members (excludes halogenated alkanes) is 1. The van der Waals surface area contributed by atoms with Crippen LogP contribution in [0.5, 0.6) is 0 Å². The SMILES string of the molecule is CC/C=C/C/C=C/C/C=C/C/C=C/C/C=C/CCCC(=O)NC(C(=O)O)C(C)O. The lowest BCUT2D eigenvalue weighted by Gasteiger charge is -2.16. The van der Waals surface area contributed by atoms with Gasteiger partial charge in [0.15, 0.2) is 6.04 Å². The minimum atomic E-state index is -1.25. The molecule has 0 fully saturated rings. The van der Waals surface area contributed by atoms with Crippen LogP contribution in [0.15, 0.2) is 60.8 Å². The Bertz CT molecular complexity index is 586. The van der Waals surface area contributed by atoms with Crippen LogP contribution in [-0.2, 0) is 9.59 Å². The van der Waals surface area contributed by atoms with Crippen molar-refractivity contribution in [2.45, 2.75) is 77.4 Å². The molecule has 5 nitrogen and oxygen atoms in total. The number of rotatable bonds is 16. The van der Waals surface area contributed by atoms with E-state index in [0.29, 0.717) is 6.42 Å². The van der Waals surface area contributed by atoms with Crippen molar-refractivity contribution < 1.29 is 19.8 Å². The number of aliphatic carboxylic acids is 1. The molecule has 0 radical (unpaired) electrons. The van der Waals surface area contributed by atoms with Crippen molar-refractivity contribution in [2.24, 2.45) is 0 Å². The maximum atomic E-state index is 11.7. The van der Waals surface area contributed by atoms with Crippen molar-refractivity contribution in [3.63, 3.8) is 0 Å². The van der Waals surface area contributed by atoms with Crippen molar-refractivity contribution in [3.8, 4) is 0 Å². The summed E-state index contributed by atoms with van der Waals surface area (Å²) in [5.74, 6) is -1.59. The molecule has 2 atom stereocenters. The summed E-state index contributed by atoms with van der Waals surface area (Å²) in [4.78, 5) is 22.6.